The second kappa shape index (κ2) is 11.1. The smallest absolute Gasteiger partial charge is 0.242 e. The Labute approximate surface area is 172 Å². The molecule has 156 valence electrons. The Morgan fingerprint density at radius 3 is 1.93 bits per heavy atom. The Balaban J connectivity index is 1.94. The lowest BCUT2D eigenvalue weighted by molar-refractivity contribution is -0.140. The van der Waals surface area contributed by atoms with Crippen LogP contribution in [0.4, 0.5) is 0 Å². The number of rotatable bonds is 10. The fraction of sp³-hybridized carbons (Fsp3) is 0.391. The van der Waals surface area contributed by atoms with Crippen LogP contribution in [-0.2, 0) is 22.6 Å². The molecule has 2 aromatic carbocycles. The summed E-state index contributed by atoms with van der Waals surface area (Å²) in [6, 6.07) is 14.7. The number of hydrogen-bond acceptors (Lipinski definition) is 4. The van der Waals surface area contributed by atoms with Gasteiger partial charge in [0.15, 0.2) is 0 Å². The van der Waals surface area contributed by atoms with Crippen molar-refractivity contribution in [3.05, 3.63) is 59.7 Å². The SMILES string of the molecule is CCC(=O)N(Cc1ccc(OC)cc1)[C@@H](C)C(=O)NCCc1ccc(OC)cc1. The number of benzene rings is 2. The number of carbonyl (C=O) groups excluding carboxylic acids is 2. The van der Waals surface area contributed by atoms with Crippen LogP contribution in [0.15, 0.2) is 48.5 Å². The summed E-state index contributed by atoms with van der Waals surface area (Å²) in [5.41, 5.74) is 2.06. The summed E-state index contributed by atoms with van der Waals surface area (Å²) in [7, 11) is 3.24. The van der Waals surface area contributed by atoms with Crippen LogP contribution < -0.4 is 14.8 Å². The van der Waals surface area contributed by atoms with Gasteiger partial charge in [0.25, 0.3) is 0 Å². The first-order chi connectivity index (χ1) is 14.0. The first kappa shape index (κ1) is 22.3. The molecule has 0 aliphatic carbocycles. The zero-order chi connectivity index (χ0) is 21.2. The van der Waals surface area contributed by atoms with Crippen LogP contribution in [0.2, 0.25) is 0 Å². The molecule has 0 aromatic heterocycles. The molecule has 0 heterocycles. The summed E-state index contributed by atoms with van der Waals surface area (Å²) >= 11 is 0. The standard InChI is InChI=1S/C23H30N2O4/c1-5-22(26)25(16-19-8-12-21(29-4)13-9-19)17(2)23(27)24-15-14-18-6-10-20(28-3)11-7-18/h6-13,17H,5,14-16H2,1-4H3,(H,24,27)/t17-/m0/s1. The van der Waals surface area contributed by atoms with E-state index in [-0.39, 0.29) is 11.8 Å². The van der Waals surface area contributed by atoms with Crippen LogP contribution in [0, 0.1) is 0 Å². The third-order valence-corrected chi connectivity index (χ3v) is 4.85. The maximum atomic E-state index is 12.6. The Bertz CT molecular complexity index is 788. The van der Waals surface area contributed by atoms with Gasteiger partial charge in [-0.2, -0.15) is 0 Å². The number of amides is 2. The van der Waals surface area contributed by atoms with E-state index in [0.29, 0.717) is 25.9 Å². The summed E-state index contributed by atoms with van der Waals surface area (Å²) in [5, 5.41) is 2.94. The topological polar surface area (TPSA) is 67.9 Å². The van der Waals surface area contributed by atoms with Crippen LogP contribution in [0.5, 0.6) is 11.5 Å². The molecule has 0 fully saturated rings. The van der Waals surface area contributed by atoms with Gasteiger partial charge in [-0.15, -0.1) is 0 Å². The number of carbonyl (C=O) groups is 2. The van der Waals surface area contributed by atoms with E-state index in [1.165, 1.54) is 0 Å². The van der Waals surface area contributed by atoms with Crippen molar-refractivity contribution in [3.8, 4) is 11.5 Å². The molecule has 0 radical (unpaired) electrons. The lowest BCUT2D eigenvalue weighted by Crippen LogP contribution is -2.47. The summed E-state index contributed by atoms with van der Waals surface area (Å²) in [4.78, 5) is 26.7. The number of nitrogens with zero attached hydrogens (tertiary/aromatic N) is 1. The van der Waals surface area contributed by atoms with Gasteiger partial charge in [0.05, 0.1) is 14.2 Å². The first-order valence-electron chi connectivity index (χ1n) is 9.81. The van der Waals surface area contributed by atoms with Gasteiger partial charge in [-0.3, -0.25) is 9.59 Å². The molecule has 0 unspecified atom stereocenters. The van der Waals surface area contributed by atoms with Crippen molar-refractivity contribution in [2.45, 2.75) is 39.3 Å². The minimum atomic E-state index is -0.555. The monoisotopic (exact) mass is 398 g/mol. The molecule has 2 rings (SSSR count). The molecular formula is C23H30N2O4. The number of nitrogens with one attached hydrogen (secondary N) is 1. The van der Waals surface area contributed by atoms with E-state index in [0.717, 1.165) is 22.6 Å². The van der Waals surface area contributed by atoms with Crippen molar-refractivity contribution in [2.24, 2.45) is 0 Å². The lowest BCUT2D eigenvalue weighted by atomic mass is 10.1. The van der Waals surface area contributed by atoms with Crippen LogP contribution in [0.1, 0.15) is 31.4 Å². The van der Waals surface area contributed by atoms with Gasteiger partial charge in [-0.05, 0) is 48.7 Å². The molecule has 0 spiro atoms. The van der Waals surface area contributed by atoms with E-state index in [9.17, 15) is 9.59 Å². The highest BCUT2D eigenvalue weighted by Gasteiger charge is 2.24. The van der Waals surface area contributed by atoms with E-state index in [1.54, 1.807) is 33.0 Å². The predicted octanol–water partition coefficient (Wildman–Crippen LogP) is 3.19. The van der Waals surface area contributed by atoms with Gasteiger partial charge in [0.2, 0.25) is 11.8 Å². The molecule has 0 bridgehead atoms. The molecule has 6 nitrogen and oxygen atoms in total. The lowest BCUT2D eigenvalue weighted by Gasteiger charge is -2.28. The fourth-order valence-corrected chi connectivity index (χ4v) is 2.98. The predicted molar refractivity (Wildman–Crippen MR) is 113 cm³/mol. The Morgan fingerprint density at radius 2 is 1.45 bits per heavy atom. The van der Waals surface area contributed by atoms with Gasteiger partial charge in [0, 0.05) is 19.5 Å². The van der Waals surface area contributed by atoms with Crippen molar-refractivity contribution in [1.29, 1.82) is 0 Å². The maximum absolute atomic E-state index is 12.6. The van der Waals surface area contributed by atoms with E-state index >= 15 is 0 Å². The zero-order valence-electron chi connectivity index (χ0n) is 17.6. The van der Waals surface area contributed by atoms with Gasteiger partial charge >= 0.3 is 0 Å². The zero-order valence-corrected chi connectivity index (χ0v) is 17.6. The highest BCUT2D eigenvalue weighted by atomic mass is 16.5. The molecule has 29 heavy (non-hydrogen) atoms. The van der Waals surface area contributed by atoms with Crippen molar-refractivity contribution in [2.75, 3.05) is 20.8 Å². The molecule has 6 heteroatoms. The van der Waals surface area contributed by atoms with E-state index < -0.39 is 6.04 Å². The average molecular weight is 399 g/mol. The molecule has 0 saturated carbocycles. The molecule has 0 saturated heterocycles. The largest absolute Gasteiger partial charge is 0.497 e. The number of hydrogen-bond donors (Lipinski definition) is 1. The third-order valence-electron chi connectivity index (χ3n) is 4.85. The van der Waals surface area contributed by atoms with Crippen molar-refractivity contribution in [3.63, 3.8) is 0 Å². The third kappa shape index (κ3) is 6.52. The van der Waals surface area contributed by atoms with Gasteiger partial charge in [-0.25, -0.2) is 0 Å². The summed E-state index contributed by atoms with van der Waals surface area (Å²) < 4.78 is 10.3. The normalized spacial score (nSPS) is 11.4. The summed E-state index contributed by atoms with van der Waals surface area (Å²) in [6.07, 6.45) is 1.06. The van der Waals surface area contributed by atoms with Gasteiger partial charge in [0.1, 0.15) is 17.5 Å². The fourth-order valence-electron chi connectivity index (χ4n) is 2.98. The Kier molecular flexibility index (Phi) is 8.52. The Morgan fingerprint density at radius 1 is 0.931 bits per heavy atom. The van der Waals surface area contributed by atoms with Crippen LogP contribution in [0.25, 0.3) is 0 Å². The molecule has 1 N–H and O–H groups in total. The van der Waals surface area contributed by atoms with Crippen molar-refractivity contribution >= 4 is 11.8 Å². The van der Waals surface area contributed by atoms with E-state index in [4.69, 9.17) is 9.47 Å². The molecule has 1 atom stereocenters. The minimum Gasteiger partial charge on any atom is -0.497 e. The quantitative estimate of drug-likeness (QED) is 0.667. The first-order valence-corrected chi connectivity index (χ1v) is 9.81. The highest BCUT2D eigenvalue weighted by Crippen LogP contribution is 2.16. The maximum Gasteiger partial charge on any atom is 0.242 e. The average Bonchev–Trinajstić information content (AvgIpc) is 2.77. The van der Waals surface area contributed by atoms with Crippen LogP contribution in [-0.4, -0.2) is 43.5 Å². The summed E-state index contributed by atoms with van der Waals surface area (Å²) in [5.74, 6) is 1.34. The van der Waals surface area contributed by atoms with Crippen LogP contribution in [0.3, 0.4) is 0 Å². The molecule has 2 amide bonds. The number of methoxy groups -OCH3 is 2. The molecule has 0 aliphatic rings. The Hall–Kier alpha value is -3.02. The summed E-state index contributed by atoms with van der Waals surface area (Å²) in [6.45, 7) is 4.45. The molecule has 2 aromatic rings. The van der Waals surface area contributed by atoms with Gasteiger partial charge < -0.3 is 19.7 Å². The van der Waals surface area contributed by atoms with E-state index in [1.807, 2.05) is 48.5 Å². The second-order valence-electron chi connectivity index (χ2n) is 6.79. The highest BCUT2D eigenvalue weighted by molar-refractivity contribution is 5.87. The van der Waals surface area contributed by atoms with Crippen molar-refractivity contribution < 1.29 is 19.1 Å². The number of ether oxygens (including phenoxy) is 2. The minimum absolute atomic E-state index is 0.0568. The molecular weight excluding hydrogens is 368 g/mol. The second-order valence-corrected chi connectivity index (χ2v) is 6.79. The van der Waals surface area contributed by atoms with Gasteiger partial charge in [-0.1, -0.05) is 31.2 Å². The molecule has 0 aliphatic heterocycles. The van der Waals surface area contributed by atoms with Crippen LogP contribution >= 0.6 is 0 Å². The van der Waals surface area contributed by atoms with Crippen molar-refractivity contribution in [1.82, 2.24) is 10.2 Å². The van der Waals surface area contributed by atoms with E-state index in [2.05, 4.69) is 5.32 Å².